The molecule has 1 aliphatic rings. The van der Waals surface area contributed by atoms with Gasteiger partial charge in [-0.25, -0.2) is 4.31 Å². The number of unbranched alkanes of at least 4 members (excludes halogenated alkanes) is 1. The summed E-state index contributed by atoms with van der Waals surface area (Å²) in [6.07, 6.45) is 3.71. The number of hydrogen-bond acceptors (Lipinski definition) is 5. The second-order valence-corrected chi connectivity index (χ2v) is 10.8. The lowest BCUT2D eigenvalue weighted by Crippen LogP contribution is -2.47. The summed E-state index contributed by atoms with van der Waals surface area (Å²) in [4.78, 5) is 12.0. The van der Waals surface area contributed by atoms with Crippen LogP contribution >= 0.6 is 11.9 Å². The lowest BCUT2D eigenvalue weighted by atomic mass is 9.88. The summed E-state index contributed by atoms with van der Waals surface area (Å²) >= 11 is 1.56. The number of carbonyl (C=O) groups is 1. The Labute approximate surface area is 215 Å². The highest BCUT2D eigenvalue weighted by Gasteiger charge is 2.30. The molecule has 1 aliphatic heterocycles. The van der Waals surface area contributed by atoms with Gasteiger partial charge in [-0.15, -0.1) is 0 Å². The molecule has 1 atom stereocenters. The average molecular weight is 518 g/mol. The van der Waals surface area contributed by atoms with Crippen LogP contribution < -0.4 is 5.32 Å². The Morgan fingerprint density at radius 1 is 1.20 bits per heavy atom. The summed E-state index contributed by atoms with van der Waals surface area (Å²) in [7, 11) is 1.84. The van der Waals surface area contributed by atoms with Gasteiger partial charge in [0.25, 0.3) is 0 Å². The van der Waals surface area contributed by atoms with Crippen LogP contribution in [0.1, 0.15) is 85.6 Å². The minimum absolute atomic E-state index is 0.216. The van der Waals surface area contributed by atoms with Crippen LogP contribution in [0.15, 0.2) is 29.2 Å². The fourth-order valence-electron chi connectivity index (χ4n) is 3.65. The van der Waals surface area contributed by atoms with Crippen LogP contribution in [0.2, 0.25) is 0 Å². The largest absolute Gasteiger partial charge is 0.416 e. The number of halogens is 3. The van der Waals surface area contributed by atoms with Crippen molar-refractivity contribution in [3.8, 4) is 0 Å². The monoisotopic (exact) mass is 517 g/mol. The number of alkyl halides is 3. The fourth-order valence-corrected chi connectivity index (χ4v) is 4.59. The molecule has 8 heteroatoms. The fraction of sp³-hybridized carbons (Fsp3) is 0.704. The predicted molar refractivity (Wildman–Crippen MR) is 143 cm³/mol. The standard InChI is InChI=1S/C14H18F3NS.C9H19NO.C4H9N/c1-2-11-7-9-18(10-8-11)19-13-5-3-12(4-6-13)14(15,16)17;1-7(2)6-9(4,10-5)8(3)11;1-2-3-4-5/h3-6,11H,2,7-10H2,1H3;7,10H,6H2,1-5H3;4-5H,2-3H2,1H3. The SMILES string of the molecule is CCC1CCN(Sc2ccc(C(F)(F)F)cc2)CC1.CCCC=N.CNC(C)(CC(C)C)C(C)=O. The molecular weight excluding hydrogens is 471 g/mol. The minimum Gasteiger partial charge on any atom is -0.313 e. The summed E-state index contributed by atoms with van der Waals surface area (Å²) < 4.78 is 39.6. The van der Waals surface area contributed by atoms with E-state index < -0.39 is 11.7 Å². The van der Waals surface area contributed by atoms with E-state index in [4.69, 9.17) is 5.41 Å². The highest BCUT2D eigenvalue weighted by Crippen LogP contribution is 2.33. The van der Waals surface area contributed by atoms with Crippen LogP contribution in [0.25, 0.3) is 0 Å². The van der Waals surface area contributed by atoms with Gasteiger partial charge in [-0.1, -0.05) is 40.5 Å². The van der Waals surface area contributed by atoms with E-state index in [-0.39, 0.29) is 11.3 Å². The van der Waals surface area contributed by atoms with Gasteiger partial charge < -0.3 is 10.7 Å². The molecular formula is C27H46F3N3OS. The van der Waals surface area contributed by atoms with Crippen LogP contribution in [0.5, 0.6) is 0 Å². The van der Waals surface area contributed by atoms with E-state index in [1.807, 2.05) is 14.0 Å². The van der Waals surface area contributed by atoms with Gasteiger partial charge in [-0.3, -0.25) is 4.79 Å². The molecule has 2 N–H and O–H groups in total. The van der Waals surface area contributed by atoms with E-state index in [2.05, 4.69) is 37.3 Å². The van der Waals surface area contributed by atoms with Gasteiger partial charge in [-0.2, -0.15) is 13.2 Å². The number of ketones is 1. The topological polar surface area (TPSA) is 56.2 Å². The zero-order valence-corrected chi connectivity index (χ0v) is 23.4. The van der Waals surface area contributed by atoms with Crippen LogP contribution in [0.4, 0.5) is 13.2 Å². The van der Waals surface area contributed by atoms with Gasteiger partial charge in [0, 0.05) is 18.0 Å². The van der Waals surface area contributed by atoms with Crippen LogP contribution in [0.3, 0.4) is 0 Å². The van der Waals surface area contributed by atoms with Crippen molar-refractivity contribution >= 4 is 23.9 Å². The zero-order chi connectivity index (χ0) is 27.1. The molecule has 4 nitrogen and oxygen atoms in total. The Hall–Kier alpha value is -1.38. The number of likely N-dealkylation sites (N-methyl/N-ethyl adjacent to an activating group) is 1. The smallest absolute Gasteiger partial charge is 0.313 e. The van der Waals surface area contributed by atoms with Gasteiger partial charge in [-0.05, 0) is 101 Å². The van der Waals surface area contributed by atoms with Gasteiger partial charge >= 0.3 is 6.18 Å². The van der Waals surface area contributed by atoms with Crippen LogP contribution in [-0.2, 0) is 11.0 Å². The molecule has 0 bridgehead atoms. The van der Waals surface area contributed by atoms with Crippen molar-refractivity contribution in [3.63, 3.8) is 0 Å². The predicted octanol–water partition coefficient (Wildman–Crippen LogP) is 7.87. The minimum atomic E-state index is -4.25. The summed E-state index contributed by atoms with van der Waals surface area (Å²) in [6, 6.07) is 5.42. The van der Waals surface area contributed by atoms with E-state index in [9.17, 15) is 18.0 Å². The number of carbonyl (C=O) groups excluding carboxylic acids is 1. The molecule has 1 fully saturated rings. The first-order valence-electron chi connectivity index (χ1n) is 12.6. The number of nitrogens with zero attached hydrogens (tertiary/aromatic N) is 1. The van der Waals surface area contributed by atoms with Crippen molar-refractivity contribution < 1.29 is 18.0 Å². The third-order valence-electron chi connectivity index (χ3n) is 6.15. The third kappa shape index (κ3) is 14.1. The Kier molecular flexibility index (Phi) is 16.5. The first kappa shape index (κ1) is 33.6. The molecule has 1 aromatic rings. The summed E-state index contributed by atoms with van der Waals surface area (Å²) in [5.74, 6) is 1.58. The van der Waals surface area contributed by atoms with Crippen molar-refractivity contribution in [2.75, 3.05) is 20.1 Å². The molecule has 0 aliphatic carbocycles. The van der Waals surface area contributed by atoms with Crippen molar-refractivity contribution in [2.45, 2.75) is 96.7 Å². The molecule has 35 heavy (non-hydrogen) atoms. The van der Waals surface area contributed by atoms with Gasteiger partial charge in [0.1, 0.15) is 5.78 Å². The Bertz CT molecular complexity index is 717. The van der Waals surface area contributed by atoms with E-state index >= 15 is 0 Å². The molecule has 0 aromatic heterocycles. The Balaban J connectivity index is 0.000000612. The number of nitrogens with one attached hydrogen (secondary N) is 2. The maximum Gasteiger partial charge on any atom is 0.416 e. The quantitative estimate of drug-likeness (QED) is 0.258. The lowest BCUT2D eigenvalue weighted by Gasteiger charge is -2.30. The van der Waals surface area contributed by atoms with E-state index in [0.29, 0.717) is 5.92 Å². The number of piperidine rings is 1. The van der Waals surface area contributed by atoms with Crippen molar-refractivity contribution in [2.24, 2.45) is 11.8 Å². The number of Topliss-reactive ketones (excluding diaryl/α,β-unsaturated/α-hetero) is 1. The van der Waals surface area contributed by atoms with Crippen molar-refractivity contribution in [3.05, 3.63) is 29.8 Å². The molecule has 1 aromatic carbocycles. The van der Waals surface area contributed by atoms with Crippen LogP contribution in [-0.4, -0.2) is 42.0 Å². The number of benzene rings is 1. The van der Waals surface area contributed by atoms with E-state index in [1.165, 1.54) is 25.5 Å². The van der Waals surface area contributed by atoms with Crippen molar-refractivity contribution in [1.82, 2.24) is 9.62 Å². The first-order valence-corrected chi connectivity index (χ1v) is 13.4. The molecule has 0 radical (unpaired) electrons. The Morgan fingerprint density at radius 3 is 2.03 bits per heavy atom. The zero-order valence-electron chi connectivity index (χ0n) is 22.6. The lowest BCUT2D eigenvalue weighted by molar-refractivity contribution is -0.137. The van der Waals surface area contributed by atoms with Crippen LogP contribution in [0, 0.1) is 17.2 Å². The molecule has 202 valence electrons. The maximum atomic E-state index is 12.4. The molecule has 0 amide bonds. The number of rotatable bonds is 9. The van der Waals surface area contributed by atoms with Gasteiger partial charge in [0.2, 0.25) is 0 Å². The highest BCUT2D eigenvalue weighted by atomic mass is 32.2. The molecule has 0 spiro atoms. The highest BCUT2D eigenvalue weighted by molar-refractivity contribution is 7.97. The van der Waals surface area contributed by atoms with Gasteiger partial charge in [0.15, 0.2) is 0 Å². The second-order valence-electron chi connectivity index (χ2n) is 9.62. The maximum absolute atomic E-state index is 12.4. The summed E-state index contributed by atoms with van der Waals surface area (Å²) in [5.41, 5.74) is -0.907. The average Bonchev–Trinajstić information content (AvgIpc) is 2.80. The van der Waals surface area contributed by atoms with Crippen molar-refractivity contribution in [1.29, 1.82) is 5.41 Å². The molecule has 1 saturated heterocycles. The summed E-state index contributed by atoms with van der Waals surface area (Å²) in [5, 5.41) is 9.54. The molecule has 0 saturated carbocycles. The second kappa shape index (κ2) is 17.1. The van der Waals surface area contributed by atoms with Gasteiger partial charge in [0.05, 0.1) is 11.1 Å². The number of hydrogen-bond donors (Lipinski definition) is 2. The molecule has 1 unspecified atom stereocenters. The first-order chi connectivity index (χ1) is 16.3. The third-order valence-corrected chi connectivity index (χ3v) is 7.25. The molecule has 2 rings (SSSR count). The van der Waals surface area contributed by atoms with E-state index in [0.717, 1.165) is 55.3 Å². The summed E-state index contributed by atoms with van der Waals surface area (Å²) in [6.45, 7) is 14.1. The molecule has 1 heterocycles. The normalized spacial score (nSPS) is 16.4. The van der Waals surface area contributed by atoms with E-state index in [1.54, 1.807) is 31.0 Å². The Morgan fingerprint density at radius 2 is 1.74 bits per heavy atom.